The molecule has 0 atom stereocenters. The normalized spacial score (nSPS) is 14.9. The second-order valence-corrected chi connectivity index (χ2v) is 8.28. The average Bonchev–Trinajstić information content (AvgIpc) is 3.14. The Balaban J connectivity index is 1.53. The molecule has 0 radical (unpaired) electrons. The zero-order chi connectivity index (χ0) is 19.3. The molecule has 1 aliphatic carbocycles. The fraction of sp³-hybridized carbons (Fsp3) is 0.316. The Kier molecular flexibility index (Phi) is 6.08. The monoisotopic (exact) mass is 391 g/mol. The lowest BCUT2D eigenvalue weighted by atomic mass is 10.2. The van der Waals surface area contributed by atoms with Crippen molar-refractivity contribution in [3.05, 3.63) is 59.9 Å². The maximum Gasteiger partial charge on any atom is 0.319 e. The van der Waals surface area contributed by atoms with Gasteiger partial charge in [-0.25, -0.2) is 22.3 Å². The summed E-state index contributed by atoms with van der Waals surface area (Å²) in [6.45, 7) is 0.254. The molecule has 0 saturated heterocycles. The lowest BCUT2D eigenvalue weighted by Crippen LogP contribution is -2.32. The van der Waals surface area contributed by atoms with E-state index in [9.17, 15) is 17.6 Å². The molecule has 0 aliphatic heterocycles. The zero-order valence-electron chi connectivity index (χ0n) is 14.7. The first-order valence-electron chi connectivity index (χ1n) is 8.84. The Morgan fingerprint density at radius 2 is 1.63 bits per heavy atom. The number of benzene rings is 2. The topological polar surface area (TPSA) is 87.3 Å². The van der Waals surface area contributed by atoms with Crippen molar-refractivity contribution >= 4 is 21.7 Å². The summed E-state index contributed by atoms with van der Waals surface area (Å²) in [5, 5.41) is 5.29. The van der Waals surface area contributed by atoms with Crippen LogP contribution in [0.1, 0.15) is 31.2 Å². The predicted molar refractivity (Wildman–Crippen MR) is 101 cm³/mol. The summed E-state index contributed by atoms with van der Waals surface area (Å²) in [6.07, 6.45) is 3.83. The molecule has 2 amide bonds. The minimum absolute atomic E-state index is 0.00467. The van der Waals surface area contributed by atoms with Crippen LogP contribution in [-0.4, -0.2) is 20.5 Å². The third kappa shape index (κ3) is 5.51. The first kappa shape index (κ1) is 19.3. The highest BCUT2D eigenvalue weighted by atomic mass is 32.2. The first-order valence-corrected chi connectivity index (χ1v) is 10.3. The molecule has 144 valence electrons. The molecule has 3 rings (SSSR count). The van der Waals surface area contributed by atoms with Crippen LogP contribution >= 0.6 is 0 Å². The van der Waals surface area contributed by atoms with Crippen LogP contribution < -0.4 is 15.4 Å². The van der Waals surface area contributed by atoms with Crippen LogP contribution in [0, 0.1) is 5.82 Å². The standard InChI is InChI=1S/C19H22FN3O3S/c20-15-7-5-14(6-8-15)13-21-19(24)22-16-9-11-18(12-10-16)27(25,26)23-17-3-1-2-4-17/h5-12,17,23H,1-4,13H2,(H2,21,22,24). The number of amides is 2. The van der Waals surface area contributed by atoms with Gasteiger partial charge in [0, 0.05) is 18.3 Å². The summed E-state index contributed by atoms with van der Waals surface area (Å²) in [4.78, 5) is 12.1. The molecular formula is C19H22FN3O3S. The minimum atomic E-state index is -3.55. The molecule has 0 aromatic heterocycles. The maximum absolute atomic E-state index is 12.9. The number of nitrogens with one attached hydrogen (secondary N) is 3. The molecular weight excluding hydrogens is 369 g/mol. The predicted octanol–water partition coefficient (Wildman–Crippen LogP) is 3.37. The number of sulfonamides is 1. The molecule has 8 heteroatoms. The van der Waals surface area contributed by atoms with Gasteiger partial charge in [-0.1, -0.05) is 25.0 Å². The molecule has 1 aliphatic rings. The van der Waals surface area contributed by atoms with Crippen molar-refractivity contribution in [1.82, 2.24) is 10.0 Å². The largest absolute Gasteiger partial charge is 0.334 e. The van der Waals surface area contributed by atoms with Crippen LogP contribution in [0.25, 0.3) is 0 Å². The van der Waals surface area contributed by atoms with Crippen LogP contribution in [0.5, 0.6) is 0 Å². The number of urea groups is 1. The smallest absolute Gasteiger partial charge is 0.319 e. The molecule has 2 aromatic carbocycles. The Bertz CT molecular complexity index is 877. The third-order valence-corrected chi connectivity index (χ3v) is 6.00. The van der Waals surface area contributed by atoms with Crippen molar-refractivity contribution in [3.8, 4) is 0 Å². The van der Waals surface area contributed by atoms with E-state index < -0.39 is 16.1 Å². The van der Waals surface area contributed by atoms with E-state index in [0.717, 1.165) is 31.2 Å². The number of hydrogen-bond acceptors (Lipinski definition) is 3. The third-order valence-electron chi connectivity index (χ3n) is 4.47. The Hall–Kier alpha value is -2.45. The fourth-order valence-electron chi connectivity index (χ4n) is 3.01. The maximum atomic E-state index is 12.9. The van der Waals surface area contributed by atoms with E-state index in [4.69, 9.17) is 0 Å². The van der Waals surface area contributed by atoms with Crippen molar-refractivity contribution in [3.63, 3.8) is 0 Å². The molecule has 27 heavy (non-hydrogen) atoms. The average molecular weight is 391 g/mol. The van der Waals surface area contributed by atoms with Gasteiger partial charge < -0.3 is 10.6 Å². The number of carbonyl (C=O) groups excluding carboxylic acids is 1. The number of carbonyl (C=O) groups is 1. The number of anilines is 1. The molecule has 0 unspecified atom stereocenters. The molecule has 1 saturated carbocycles. The van der Waals surface area contributed by atoms with E-state index in [-0.39, 0.29) is 23.3 Å². The van der Waals surface area contributed by atoms with Gasteiger partial charge in [-0.2, -0.15) is 0 Å². The van der Waals surface area contributed by atoms with Crippen LogP contribution in [0.15, 0.2) is 53.4 Å². The highest BCUT2D eigenvalue weighted by Gasteiger charge is 2.22. The van der Waals surface area contributed by atoms with Gasteiger partial charge >= 0.3 is 6.03 Å². The minimum Gasteiger partial charge on any atom is -0.334 e. The van der Waals surface area contributed by atoms with E-state index in [1.165, 1.54) is 24.3 Å². The summed E-state index contributed by atoms with van der Waals surface area (Å²) in [7, 11) is -3.55. The van der Waals surface area contributed by atoms with Gasteiger partial charge in [0.2, 0.25) is 10.0 Å². The SMILES string of the molecule is O=C(NCc1ccc(F)cc1)Nc1ccc(S(=O)(=O)NC2CCCC2)cc1. The summed E-state index contributed by atoms with van der Waals surface area (Å²) >= 11 is 0. The van der Waals surface area contributed by atoms with E-state index in [1.807, 2.05) is 0 Å². The molecule has 2 aromatic rings. The molecule has 1 fully saturated rings. The van der Waals surface area contributed by atoms with E-state index in [1.54, 1.807) is 24.3 Å². The summed E-state index contributed by atoms with van der Waals surface area (Å²) in [5.74, 6) is -0.333. The lowest BCUT2D eigenvalue weighted by molar-refractivity contribution is 0.251. The number of halogens is 1. The molecule has 6 nitrogen and oxygen atoms in total. The number of rotatable bonds is 6. The summed E-state index contributed by atoms with van der Waals surface area (Å²) in [6, 6.07) is 11.4. The van der Waals surface area contributed by atoms with E-state index in [0.29, 0.717) is 5.69 Å². The van der Waals surface area contributed by atoms with Crippen molar-refractivity contribution in [2.75, 3.05) is 5.32 Å². The zero-order valence-corrected chi connectivity index (χ0v) is 15.6. The van der Waals surface area contributed by atoms with Crippen molar-refractivity contribution in [2.24, 2.45) is 0 Å². The van der Waals surface area contributed by atoms with Gasteiger partial charge in [-0.15, -0.1) is 0 Å². The van der Waals surface area contributed by atoms with Gasteiger partial charge in [0.1, 0.15) is 5.82 Å². The summed E-state index contributed by atoms with van der Waals surface area (Å²) in [5.41, 5.74) is 1.25. The van der Waals surface area contributed by atoms with Crippen molar-refractivity contribution in [2.45, 2.75) is 43.2 Å². The fourth-order valence-corrected chi connectivity index (χ4v) is 4.31. The Morgan fingerprint density at radius 1 is 1.00 bits per heavy atom. The van der Waals surface area contributed by atoms with E-state index >= 15 is 0 Å². The highest BCUT2D eigenvalue weighted by molar-refractivity contribution is 7.89. The van der Waals surface area contributed by atoms with Crippen LogP contribution in [0.3, 0.4) is 0 Å². The highest BCUT2D eigenvalue weighted by Crippen LogP contribution is 2.21. The van der Waals surface area contributed by atoms with Crippen LogP contribution in [0.4, 0.5) is 14.9 Å². The van der Waals surface area contributed by atoms with Gasteiger partial charge in [0.15, 0.2) is 0 Å². The van der Waals surface area contributed by atoms with Gasteiger partial charge in [0.25, 0.3) is 0 Å². The van der Waals surface area contributed by atoms with Gasteiger partial charge in [-0.05, 0) is 54.8 Å². The van der Waals surface area contributed by atoms with Crippen LogP contribution in [0.2, 0.25) is 0 Å². The second kappa shape index (κ2) is 8.49. The van der Waals surface area contributed by atoms with Gasteiger partial charge in [0.05, 0.1) is 4.90 Å². The first-order chi connectivity index (χ1) is 12.9. The number of hydrogen-bond donors (Lipinski definition) is 3. The van der Waals surface area contributed by atoms with Crippen molar-refractivity contribution in [1.29, 1.82) is 0 Å². The summed E-state index contributed by atoms with van der Waals surface area (Å²) < 4.78 is 40.3. The second-order valence-electron chi connectivity index (χ2n) is 6.56. The van der Waals surface area contributed by atoms with E-state index in [2.05, 4.69) is 15.4 Å². The Morgan fingerprint density at radius 3 is 2.26 bits per heavy atom. The molecule has 0 bridgehead atoms. The molecule has 3 N–H and O–H groups in total. The lowest BCUT2D eigenvalue weighted by Gasteiger charge is -2.13. The van der Waals surface area contributed by atoms with Crippen molar-refractivity contribution < 1.29 is 17.6 Å². The Labute approximate surface area is 158 Å². The van der Waals surface area contributed by atoms with Crippen LogP contribution in [-0.2, 0) is 16.6 Å². The molecule has 0 spiro atoms. The van der Waals surface area contributed by atoms with Gasteiger partial charge in [-0.3, -0.25) is 0 Å². The molecule has 0 heterocycles. The quantitative estimate of drug-likeness (QED) is 0.706.